The van der Waals surface area contributed by atoms with Crippen molar-refractivity contribution in [3.05, 3.63) is 77.6 Å². The topological polar surface area (TPSA) is 12.0 Å². The van der Waals surface area contributed by atoms with Gasteiger partial charge in [0.05, 0.1) is 11.7 Å². The van der Waals surface area contributed by atoms with Gasteiger partial charge in [0.15, 0.2) is 11.6 Å². The molecule has 0 heterocycles. The molecule has 0 saturated heterocycles. The van der Waals surface area contributed by atoms with Gasteiger partial charge in [0.25, 0.3) is 0 Å². The third kappa shape index (κ3) is 3.44. The zero-order chi connectivity index (χ0) is 16.3. The Morgan fingerprint density at radius 1 is 0.909 bits per heavy atom. The second kappa shape index (κ2) is 6.60. The summed E-state index contributed by atoms with van der Waals surface area (Å²) < 4.78 is 66.6. The molecule has 22 heavy (non-hydrogen) atoms. The van der Waals surface area contributed by atoms with Gasteiger partial charge in [-0.2, -0.15) is 0 Å². The zero-order valence-electron chi connectivity index (χ0n) is 11.3. The highest BCUT2D eigenvalue weighted by Gasteiger charge is 2.18. The monoisotopic (exact) mass is 313 g/mol. The van der Waals surface area contributed by atoms with Crippen molar-refractivity contribution in [3.8, 4) is 0 Å². The van der Waals surface area contributed by atoms with Gasteiger partial charge < -0.3 is 5.32 Å². The van der Waals surface area contributed by atoms with Gasteiger partial charge in [-0.25, -0.2) is 22.0 Å². The lowest BCUT2D eigenvalue weighted by Gasteiger charge is -2.20. The molecule has 0 aliphatic carbocycles. The highest BCUT2D eigenvalue weighted by Crippen LogP contribution is 2.28. The first-order valence-electron chi connectivity index (χ1n) is 6.39. The van der Waals surface area contributed by atoms with Crippen molar-refractivity contribution in [2.24, 2.45) is 0 Å². The molecular formula is C16H12F5N. The van der Waals surface area contributed by atoms with Crippen molar-refractivity contribution < 1.29 is 22.0 Å². The van der Waals surface area contributed by atoms with Crippen molar-refractivity contribution in [1.29, 1.82) is 0 Å². The molecule has 0 saturated carbocycles. The quantitative estimate of drug-likeness (QED) is 0.459. The molecule has 1 nitrogen and oxygen atoms in total. The standard InChI is InChI=1S/C16H12F5N/c1-2-3-15(10-5-4-9(17)6-11(10)18)22-16-8-13(20)12(19)7-14(16)21/h2,4-8,15,22H,1,3H2. The highest BCUT2D eigenvalue weighted by atomic mass is 19.2. The molecule has 116 valence electrons. The maximum Gasteiger partial charge on any atom is 0.161 e. The van der Waals surface area contributed by atoms with Crippen LogP contribution in [0.5, 0.6) is 0 Å². The van der Waals surface area contributed by atoms with Crippen LogP contribution in [0, 0.1) is 29.1 Å². The molecule has 2 aromatic rings. The summed E-state index contributed by atoms with van der Waals surface area (Å²) in [5.41, 5.74) is -0.264. The number of rotatable bonds is 5. The van der Waals surface area contributed by atoms with Gasteiger partial charge in [-0.1, -0.05) is 12.1 Å². The van der Waals surface area contributed by atoms with Crippen molar-refractivity contribution in [2.75, 3.05) is 5.32 Å². The maximum atomic E-state index is 13.8. The molecule has 2 aromatic carbocycles. The largest absolute Gasteiger partial charge is 0.375 e. The lowest BCUT2D eigenvalue weighted by atomic mass is 10.0. The predicted molar refractivity (Wildman–Crippen MR) is 73.9 cm³/mol. The fourth-order valence-corrected chi connectivity index (χ4v) is 2.04. The maximum absolute atomic E-state index is 13.8. The molecule has 0 spiro atoms. The molecule has 1 unspecified atom stereocenters. The van der Waals surface area contributed by atoms with Gasteiger partial charge in [-0.05, 0) is 12.5 Å². The molecule has 1 atom stereocenters. The smallest absolute Gasteiger partial charge is 0.161 e. The number of hydrogen-bond acceptors (Lipinski definition) is 1. The molecule has 0 radical (unpaired) electrons. The Kier molecular flexibility index (Phi) is 4.80. The minimum Gasteiger partial charge on any atom is -0.375 e. The lowest BCUT2D eigenvalue weighted by molar-refractivity contribution is 0.495. The molecule has 0 amide bonds. The van der Waals surface area contributed by atoms with Crippen LogP contribution in [0.3, 0.4) is 0 Å². The van der Waals surface area contributed by atoms with E-state index in [1.807, 2.05) is 0 Å². The van der Waals surface area contributed by atoms with E-state index in [4.69, 9.17) is 0 Å². The molecule has 1 N–H and O–H groups in total. The SMILES string of the molecule is C=CCC(Nc1cc(F)c(F)cc1F)c1ccc(F)cc1F. The third-order valence-electron chi connectivity index (χ3n) is 3.08. The van der Waals surface area contributed by atoms with Crippen molar-refractivity contribution >= 4 is 5.69 Å². The molecular weight excluding hydrogens is 301 g/mol. The molecule has 0 aliphatic heterocycles. The summed E-state index contributed by atoms with van der Waals surface area (Å²) in [4.78, 5) is 0. The van der Waals surface area contributed by atoms with E-state index in [0.717, 1.165) is 6.07 Å². The molecule has 0 aliphatic rings. The average molecular weight is 313 g/mol. The summed E-state index contributed by atoms with van der Waals surface area (Å²) in [7, 11) is 0. The van der Waals surface area contributed by atoms with E-state index in [9.17, 15) is 22.0 Å². The minimum absolute atomic E-state index is 0.0606. The van der Waals surface area contributed by atoms with Crippen LogP contribution in [0.15, 0.2) is 43.0 Å². The first-order chi connectivity index (χ1) is 10.4. The molecule has 0 aromatic heterocycles. The first kappa shape index (κ1) is 16.0. The Morgan fingerprint density at radius 3 is 2.23 bits per heavy atom. The fourth-order valence-electron chi connectivity index (χ4n) is 2.04. The van der Waals surface area contributed by atoms with Crippen LogP contribution in [0.2, 0.25) is 0 Å². The van der Waals surface area contributed by atoms with Gasteiger partial charge in [0.2, 0.25) is 0 Å². The Balaban J connectivity index is 2.37. The third-order valence-corrected chi connectivity index (χ3v) is 3.08. The summed E-state index contributed by atoms with van der Waals surface area (Å²) >= 11 is 0. The fraction of sp³-hybridized carbons (Fsp3) is 0.125. The average Bonchev–Trinajstić information content (AvgIpc) is 2.44. The highest BCUT2D eigenvalue weighted by molar-refractivity contribution is 5.48. The molecule has 0 bridgehead atoms. The van der Waals surface area contributed by atoms with Crippen molar-refractivity contribution in [2.45, 2.75) is 12.5 Å². The minimum atomic E-state index is -1.32. The van der Waals surface area contributed by atoms with E-state index in [-0.39, 0.29) is 17.7 Å². The predicted octanol–water partition coefficient (Wildman–Crippen LogP) is 5.11. The Hall–Kier alpha value is -2.37. The number of anilines is 1. The summed E-state index contributed by atoms with van der Waals surface area (Å²) in [6.45, 7) is 3.50. The first-order valence-corrected chi connectivity index (χ1v) is 6.39. The summed E-state index contributed by atoms with van der Waals surface area (Å²) in [6, 6.07) is 3.17. The van der Waals surface area contributed by atoms with E-state index in [1.54, 1.807) is 0 Å². The van der Waals surface area contributed by atoms with Crippen LogP contribution in [0.4, 0.5) is 27.6 Å². The number of nitrogens with one attached hydrogen (secondary N) is 1. The normalized spacial score (nSPS) is 12.0. The molecule has 2 rings (SSSR count). The Bertz CT molecular complexity index is 699. The van der Waals surface area contributed by atoms with Crippen molar-refractivity contribution in [3.63, 3.8) is 0 Å². The van der Waals surface area contributed by atoms with E-state index in [2.05, 4.69) is 11.9 Å². The van der Waals surface area contributed by atoms with Crippen LogP contribution in [-0.4, -0.2) is 0 Å². The van der Waals surface area contributed by atoms with Gasteiger partial charge in [0, 0.05) is 23.8 Å². The van der Waals surface area contributed by atoms with Crippen molar-refractivity contribution in [1.82, 2.24) is 0 Å². The molecule has 0 fully saturated rings. The van der Waals surface area contributed by atoms with Crippen LogP contribution < -0.4 is 5.32 Å². The van der Waals surface area contributed by atoms with E-state index in [1.165, 1.54) is 12.1 Å². The van der Waals surface area contributed by atoms with Gasteiger partial charge in [0.1, 0.15) is 17.5 Å². The summed E-state index contributed by atoms with van der Waals surface area (Å²) in [5, 5.41) is 2.58. The van der Waals surface area contributed by atoms with Gasteiger partial charge in [-0.3, -0.25) is 0 Å². The van der Waals surface area contributed by atoms with Gasteiger partial charge in [-0.15, -0.1) is 6.58 Å². The van der Waals surface area contributed by atoms with Gasteiger partial charge >= 0.3 is 0 Å². The van der Waals surface area contributed by atoms with E-state index < -0.39 is 35.1 Å². The zero-order valence-corrected chi connectivity index (χ0v) is 11.3. The number of halogens is 5. The second-order valence-corrected chi connectivity index (χ2v) is 4.63. The van der Waals surface area contributed by atoms with Crippen LogP contribution >= 0.6 is 0 Å². The summed E-state index contributed by atoms with van der Waals surface area (Å²) in [6.07, 6.45) is 1.61. The van der Waals surface area contributed by atoms with Crippen LogP contribution in [0.25, 0.3) is 0 Å². The number of hydrogen-bond donors (Lipinski definition) is 1. The van der Waals surface area contributed by atoms with Crippen LogP contribution in [0.1, 0.15) is 18.0 Å². The Morgan fingerprint density at radius 2 is 1.59 bits per heavy atom. The number of benzene rings is 2. The molecule has 6 heteroatoms. The lowest BCUT2D eigenvalue weighted by Crippen LogP contribution is -2.13. The Labute approximate surface area is 124 Å². The van der Waals surface area contributed by atoms with E-state index in [0.29, 0.717) is 18.2 Å². The second-order valence-electron chi connectivity index (χ2n) is 4.63. The van der Waals surface area contributed by atoms with E-state index >= 15 is 0 Å². The summed E-state index contributed by atoms with van der Waals surface area (Å²) in [5.74, 6) is -5.16. The van der Waals surface area contributed by atoms with Crippen LogP contribution in [-0.2, 0) is 0 Å².